The second-order valence-corrected chi connectivity index (χ2v) is 4.20. The van der Waals surface area contributed by atoms with Gasteiger partial charge in [0, 0.05) is 5.41 Å². The van der Waals surface area contributed by atoms with Crippen LogP contribution in [0.5, 0.6) is 0 Å². The maximum atomic E-state index is 11.3. The van der Waals surface area contributed by atoms with Crippen molar-refractivity contribution in [3.63, 3.8) is 0 Å². The molecule has 1 aliphatic carbocycles. The molecule has 0 heterocycles. The first-order valence-electron chi connectivity index (χ1n) is 5.53. The Balaban J connectivity index is 2.80. The molecule has 0 amide bonds. The molecule has 78 valence electrons. The minimum Gasteiger partial charge on any atom is -0.303 e. The summed E-state index contributed by atoms with van der Waals surface area (Å²) in [4.78, 5) is 11.3. The fourth-order valence-corrected chi connectivity index (χ4v) is 2.36. The third-order valence-corrected chi connectivity index (χ3v) is 3.30. The normalized spacial score (nSPS) is 28.4. The molecule has 1 rings (SSSR count). The molecular weight excluding hydrogens is 172 g/mol. The van der Waals surface area contributed by atoms with Gasteiger partial charge in [0.2, 0.25) is 0 Å². The predicted octanol–water partition coefficient (Wildman–Crippen LogP) is 3.51. The fourth-order valence-electron chi connectivity index (χ4n) is 2.36. The summed E-state index contributed by atoms with van der Waals surface area (Å²) in [6, 6.07) is 0. The van der Waals surface area contributed by atoms with Crippen molar-refractivity contribution in [1.29, 1.82) is 0 Å². The highest BCUT2D eigenvalue weighted by atomic mass is 16.1. The first-order valence-corrected chi connectivity index (χ1v) is 5.53. The van der Waals surface area contributed by atoms with Crippen molar-refractivity contribution in [1.82, 2.24) is 0 Å². The smallest absolute Gasteiger partial charge is 0.127 e. The zero-order chi connectivity index (χ0) is 10.4. The molecule has 0 aromatic carbocycles. The Bertz CT molecular complexity index is 229. The minimum atomic E-state index is -0.146. The Morgan fingerprint density at radius 1 is 1.57 bits per heavy atom. The molecule has 0 bridgehead atoms. The molecule has 1 aliphatic rings. The van der Waals surface area contributed by atoms with Gasteiger partial charge in [-0.25, -0.2) is 0 Å². The monoisotopic (exact) mass is 192 g/mol. The van der Waals surface area contributed by atoms with E-state index >= 15 is 0 Å². The molecule has 0 fully saturated rings. The molecule has 0 N–H and O–H groups in total. The van der Waals surface area contributed by atoms with Crippen LogP contribution < -0.4 is 0 Å². The second-order valence-electron chi connectivity index (χ2n) is 4.20. The highest BCUT2D eigenvalue weighted by Crippen LogP contribution is 2.40. The second kappa shape index (κ2) is 5.14. The van der Waals surface area contributed by atoms with Gasteiger partial charge in [-0.05, 0) is 31.6 Å². The Morgan fingerprint density at radius 3 is 2.79 bits per heavy atom. The number of hydrogen-bond acceptors (Lipinski definition) is 1. The molecule has 2 atom stereocenters. The van der Waals surface area contributed by atoms with Crippen LogP contribution in [0.4, 0.5) is 0 Å². The van der Waals surface area contributed by atoms with Crippen LogP contribution in [0.3, 0.4) is 0 Å². The van der Waals surface area contributed by atoms with Gasteiger partial charge in [0.05, 0.1) is 0 Å². The van der Waals surface area contributed by atoms with Crippen LogP contribution in [-0.2, 0) is 4.79 Å². The van der Waals surface area contributed by atoms with Crippen LogP contribution in [0.2, 0.25) is 0 Å². The zero-order valence-corrected chi connectivity index (χ0v) is 9.04. The summed E-state index contributed by atoms with van der Waals surface area (Å²) >= 11 is 0. The van der Waals surface area contributed by atoms with Crippen molar-refractivity contribution in [2.24, 2.45) is 11.3 Å². The van der Waals surface area contributed by atoms with Crippen LogP contribution in [0.1, 0.15) is 39.0 Å². The van der Waals surface area contributed by atoms with Gasteiger partial charge in [-0.2, -0.15) is 0 Å². The maximum Gasteiger partial charge on any atom is 0.127 e. The van der Waals surface area contributed by atoms with Gasteiger partial charge in [-0.1, -0.05) is 31.6 Å². The lowest BCUT2D eigenvalue weighted by Gasteiger charge is -2.35. The summed E-state index contributed by atoms with van der Waals surface area (Å²) in [5.41, 5.74) is -0.146. The van der Waals surface area contributed by atoms with Crippen molar-refractivity contribution >= 4 is 6.29 Å². The lowest BCUT2D eigenvalue weighted by atomic mass is 9.67. The number of allylic oxidation sites excluding steroid dienone is 3. The molecule has 1 nitrogen and oxygen atoms in total. The molecule has 2 unspecified atom stereocenters. The van der Waals surface area contributed by atoms with Crippen molar-refractivity contribution in [3.8, 4) is 0 Å². The molecule has 0 spiro atoms. The van der Waals surface area contributed by atoms with Crippen LogP contribution in [0, 0.1) is 11.3 Å². The maximum absolute atomic E-state index is 11.3. The average molecular weight is 192 g/mol. The van der Waals surface area contributed by atoms with E-state index in [9.17, 15) is 4.79 Å². The lowest BCUT2D eigenvalue weighted by Crippen LogP contribution is -2.32. The van der Waals surface area contributed by atoms with E-state index in [1.807, 2.05) is 6.08 Å². The molecule has 1 heteroatoms. The number of carbonyl (C=O) groups is 1. The number of carbonyl (C=O) groups excluding carboxylic acids is 1. The van der Waals surface area contributed by atoms with Crippen molar-refractivity contribution < 1.29 is 4.79 Å². The first-order chi connectivity index (χ1) is 6.79. The van der Waals surface area contributed by atoms with Crippen LogP contribution in [-0.4, -0.2) is 6.29 Å². The van der Waals surface area contributed by atoms with Crippen molar-refractivity contribution in [2.75, 3.05) is 0 Å². The predicted molar refractivity (Wildman–Crippen MR) is 60.1 cm³/mol. The summed E-state index contributed by atoms with van der Waals surface area (Å²) in [6.45, 7) is 6.03. The molecule has 0 aromatic heterocycles. The average Bonchev–Trinajstić information content (AvgIpc) is 2.27. The van der Waals surface area contributed by atoms with Gasteiger partial charge in [0.25, 0.3) is 0 Å². The van der Waals surface area contributed by atoms with Crippen molar-refractivity contribution in [3.05, 3.63) is 24.8 Å². The standard InChI is InChI=1S/C13H20O/c1-3-8-12(4-2)13(11-14)9-6-5-7-10-13/h4-6,11-12H,2-3,7-10H2,1H3. The zero-order valence-electron chi connectivity index (χ0n) is 9.04. The molecule has 0 radical (unpaired) electrons. The summed E-state index contributed by atoms with van der Waals surface area (Å²) in [5.74, 6) is 0.356. The third-order valence-electron chi connectivity index (χ3n) is 3.30. The third kappa shape index (κ3) is 2.14. The number of rotatable bonds is 5. The van der Waals surface area contributed by atoms with Crippen molar-refractivity contribution in [2.45, 2.75) is 39.0 Å². The Labute approximate surface area is 86.9 Å². The number of hydrogen-bond donors (Lipinski definition) is 0. The quantitative estimate of drug-likeness (QED) is 0.481. The minimum absolute atomic E-state index is 0.146. The van der Waals surface area contributed by atoms with Gasteiger partial charge >= 0.3 is 0 Å². The molecule has 14 heavy (non-hydrogen) atoms. The van der Waals surface area contributed by atoms with Gasteiger partial charge in [-0.3, -0.25) is 0 Å². The van der Waals surface area contributed by atoms with E-state index in [4.69, 9.17) is 0 Å². The van der Waals surface area contributed by atoms with E-state index in [0.717, 1.165) is 32.1 Å². The van der Waals surface area contributed by atoms with Crippen LogP contribution in [0.15, 0.2) is 24.8 Å². The summed E-state index contributed by atoms with van der Waals surface area (Å²) in [6.07, 6.45) is 12.6. The largest absolute Gasteiger partial charge is 0.303 e. The molecule has 0 saturated heterocycles. The summed E-state index contributed by atoms with van der Waals surface area (Å²) in [5, 5.41) is 0. The van der Waals surface area contributed by atoms with E-state index < -0.39 is 0 Å². The first kappa shape index (κ1) is 11.2. The van der Waals surface area contributed by atoms with Gasteiger partial charge in [-0.15, -0.1) is 6.58 Å². The highest BCUT2D eigenvalue weighted by Gasteiger charge is 2.35. The molecule has 0 saturated carbocycles. The van der Waals surface area contributed by atoms with E-state index in [-0.39, 0.29) is 5.41 Å². The van der Waals surface area contributed by atoms with E-state index in [1.165, 1.54) is 6.29 Å². The molecule has 0 aromatic rings. The topological polar surface area (TPSA) is 17.1 Å². The SMILES string of the molecule is C=CC(CCC)C1(C=O)CC=CCC1. The van der Waals surface area contributed by atoms with E-state index in [0.29, 0.717) is 5.92 Å². The molecular formula is C13H20O. The molecule has 0 aliphatic heterocycles. The Morgan fingerprint density at radius 2 is 2.36 bits per heavy atom. The Hall–Kier alpha value is -0.850. The van der Waals surface area contributed by atoms with Gasteiger partial charge in [0.1, 0.15) is 6.29 Å². The van der Waals surface area contributed by atoms with Gasteiger partial charge in [0.15, 0.2) is 0 Å². The Kier molecular flexibility index (Phi) is 4.12. The van der Waals surface area contributed by atoms with Crippen LogP contribution in [0.25, 0.3) is 0 Å². The van der Waals surface area contributed by atoms with Gasteiger partial charge < -0.3 is 4.79 Å². The number of aldehydes is 1. The summed E-state index contributed by atoms with van der Waals surface area (Å²) < 4.78 is 0. The van der Waals surface area contributed by atoms with E-state index in [2.05, 4.69) is 25.7 Å². The highest BCUT2D eigenvalue weighted by molar-refractivity contribution is 5.61. The summed E-state index contributed by atoms with van der Waals surface area (Å²) in [7, 11) is 0. The fraction of sp³-hybridized carbons (Fsp3) is 0.615. The lowest BCUT2D eigenvalue weighted by molar-refractivity contribution is -0.118. The van der Waals surface area contributed by atoms with E-state index in [1.54, 1.807) is 0 Å². The van der Waals surface area contributed by atoms with Crippen LogP contribution >= 0.6 is 0 Å².